The number of carbonyl (C=O) groups excluding carboxylic acids is 1. The molecule has 190 valence electrons. The van der Waals surface area contributed by atoms with E-state index in [9.17, 15) is 4.79 Å². The molecule has 11 nitrogen and oxygen atoms in total. The van der Waals surface area contributed by atoms with Gasteiger partial charge in [0, 0.05) is 62.6 Å². The van der Waals surface area contributed by atoms with E-state index in [4.69, 9.17) is 14.6 Å². The van der Waals surface area contributed by atoms with Crippen LogP contribution < -0.4 is 20.4 Å². The van der Waals surface area contributed by atoms with E-state index < -0.39 is 0 Å². The zero-order valence-electron chi connectivity index (χ0n) is 20.5. The van der Waals surface area contributed by atoms with E-state index >= 15 is 0 Å². The highest BCUT2D eigenvalue weighted by Crippen LogP contribution is 2.38. The van der Waals surface area contributed by atoms with Gasteiger partial charge in [0.25, 0.3) is 6.47 Å². The minimum absolute atomic E-state index is 0.105. The van der Waals surface area contributed by atoms with E-state index in [0.29, 0.717) is 6.54 Å². The molecular weight excluding hydrogens is 462 g/mol. The molecule has 2 saturated heterocycles. The van der Waals surface area contributed by atoms with Crippen LogP contribution in [0.3, 0.4) is 0 Å². The van der Waals surface area contributed by atoms with Gasteiger partial charge in [-0.25, -0.2) is 14.8 Å². The number of carboxylic acid groups (broad SMARTS) is 1. The zero-order valence-corrected chi connectivity index (χ0v) is 20.5. The minimum Gasteiger partial charge on any atom is -0.483 e. The van der Waals surface area contributed by atoms with Crippen LogP contribution in [0.15, 0.2) is 30.7 Å². The monoisotopic (exact) mass is 493 g/mol. The molecule has 3 aromatic heterocycles. The smallest absolute Gasteiger partial charge is 0.327 e. The summed E-state index contributed by atoms with van der Waals surface area (Å²) in [6, 6.07) is 3.88. The molecule has 0 aromatic carbocycles. The van der Waals surface area contributed by atoms with E-state index in [2.05, 4.69) is 31.6 Å². The van der Waals surface area contributed by atoms with Gasteiger partial charge >= 0.3 is 6.03 Å². The Bertz CT molecular complexity index is 1280. The SMILES string of the molecule is Cc1cn2cc(NC(=O)N3CCc4c(N5CCC6(CNCCO6)C5)ccnc43)cc(C)c2n1.O=CO. The summed E-state index contributed by atoms with van der Waals surface area (Å²) in [5.74, 6) is 0.755. The average molecular weight is 494 g/mol. The van der Waals surface area contributed by atoms with E-state index in [1.165, 1.54) is 5.69 Å². The van der Waals surface area contributed by atoms with Crippen LogP contribution in [0.25, 0.3) is 5.65 Å². The van der Waals surface area contributed by atoms with Crippen LogP contribution in [0.5, 0.6) is 0 Å². The van der Waals surface area contributed by atoms with Gasteiger partial charge in [0.1, 0.15) is 11.5 Å². The van der Waals surface area contributed by atoms with Gasteiger partial charge in [0.15, 0.2) is 0 Å². The molecule has 6 heterocycles. The van der Waals surface area contributed by atoms with Crippen molar-refractivity contribution in [1.82, 2.24) is 19.7 Å². The van der Waals surface area contributed by atoms with Gasteiger partial charge in [-0.05, 0) is 44.4 Å². The van der Waals surface area contributed by atoms with Gasteiger partial charge in [0.05, 0.1) is 23.6 Å². The Balaban J connectivity index is 0.000000848. The number of imidazole rings is 1. The fourth-order valence-electron chi connectivity index (χ4n) is 5.44. The Kier molecular flexibility index (Phi) is 6.50. The van der Waals surface area contributed by atoms with Crippen molar-refractivity contribution in [2.24, 2.45) is 0 Å². The number of fused-ring (bicyclic) bond motifs is 2. The number of rotatable bonds is 2. The molecule has 1 spiro atoms. The van der Waals surface area contributed by atoms with Crippen LogP contribution in [0.4, 0.5) is 22.0 Å². The third-order valence-corrected chi connectivity index (χ3v) is 6.99. The standard InChI is InChI=1S/C24H29N7O2.CH2O2/c1-16-11-18(13-30-12-17(2)27-21(16)30)28-23(32)31-8-4-19-20(3-6-26-22(19)31)29-9-5-24(15-29)14-25-7-10-33-24;2-1-3/h3,6,11-13,25H,4-5,7-10,14-15H2,1-2H3,(H,28,32);1H,(H,2,3). The number of carbonyl (C=O) groups is 2. The second kappa shape index (κ2) is 9.75. The predicted octanol–water partition coefficient (Wildman–Crippen LogP) is 2.21. The maximum atomic E-state index is 13.2. The second-order valence-corrected chi connectivity index (χ2v) is 9.47. The molecule has 2 amide bonds. The first-order chi connectivity index (χ1) is 17.4. The van der Waals surface area contributed by atoms with Crippen molar-refractivity contribution in [2.45, 2.75) is 32.3 Å². The van der Waals surface area contributed by atoms with Gasteiger partial charge in [-0.15, -0.1) is 0 Å². The molecule has 0 bridgehead atoms. The highest BCUT2D eigenvalue weighted by atomic mass is 16.5. The highest BCUT2D eigenvalue weighted by Gasteiger charge is 2.42. The quantitative estimate of drug-likeness (QED) is 0.464. The van der Waals surface area contributed by atoms with Crippen LogP contribution in [-0.4, -0.2) is 76.9 Å². The van der Waals surface area contributed by atoms with Gasteiger partial charge in [0.2, 0.25) is 0 Å². The fraction of sp³-hybridized carbons (Fsp3) is 0.440. The molecule has 1 atom stereocenters. The molecule has 36 heavy (non-hydrogen) atoms. The largest absolute Gasteiger partial charge is 0.483 e. The van der Waals surface area contributed by atoms with E-state index in [1.807, 2.05) is 42.9 Å². The van der Waals surface area contributed by atoms with Crippen molar-refractivity contribution < 1.29 is 19.4 Å². The Labute approximate surface area is 209 Å². The number of aryl methyl sites for hydroxylation is 2. The summed E-state index contributed by atoms with van der Waals surface area (Å²) in [5, 5.41) is 13.4. The van der Waals surface area contributed by atoms with Crippen molar-refractivity contribution >= 4 is 35.3 Å². The number of urea groups is 1. The van der Waals surface area contributed by atoms with Gasteiger partial charge < -0.3 is 29.8 Å². The van der Waals surface area contributed by atoms with E-state index in [0.717, 1.165) is 79.6 Å². The number of anilines is 3. The van der Waals surface area contributed by atoms with Crippen LogP contribution in [0, 0.1) is 13.8 Å². The molecule has 11 heteroatoms. The number of aromatic nitrogens is 3. The third kappa shape index (κ3) is 4.47. The lowest BCUT2D eigenvalue weighted by molar-refractivity contribution is -0.122. The van der Waals surface area contributed by atoms with Crippen molar-refractivity contribution in [3.63, 3.8) is 0 Å². The van der Waals surface area contributed by atoms with Crippen LogP contribution >= 0.6 is 0 Å². The summed E-state index contributed by atoms with van der Waals surface area (Å²) in [6.07, 6.45) is 7.49. The van der Waals surface area contributed by atoms with Gasteiger partial charge in [-0.2, -0.15) is 0 Å². The first-order valence-electron chi connectivity index (χ1n) is 12.1. The Hall–Kier alpha value is -3.70. The van der Waals surface area contributed by atoms with Crippen molar-refractivity contribution in [1.29, 1.82) is 0 Å². The number of pyridine rings is 2. The van der Waals surface area contributed by atoms with E-state index in [-0.39, 0.29) is 18.1 Å². The molecule has 6 rings (SSSR count). The maximum absolute atomic E-state index is 13.2. The average Bonchev–Trinajstić information content (AvgIpc) is 3.57. The van der Waals surface area contributed by atoms with E-state index in [1.54, 1.807) is 4.90 Å². The summed E-state index contributed by atoms with van der Waals surface area (Å²) < 4.78 is 8.12. The van der Waals surface area contributed by atoms with Crippen molar-refractivity contribution in [3.05, 3.63) is 47.5 Å². The summed E-state index contributed by atoms with van der Waals surface area (Å²) in [5.41, 5.74) is 5.83. The summed E-state index contributed by atoms with van der Waals surface area (Å²) in [6.45, 7) is 8.74. The topological polar surface area (TPSA) is 124 Å². The molecule has 3 N–H and O–H groups in total. The third-order valence-electron chi connectivity index (χ3n) is 6.99. The molecule has 3 aliphatic heterocycles. The number of amides is 2. The van der Waals surface area contributed by atoms with Crippen molar-refractivity contribution in [2.75, 3.05) is 54.4 Å². The highest BCUT2D eigenvalue weighted by molar-refractivity contribution is 6.03. The van der Waals surface area contributed by atoms with Crippen LogP contribution in [0.1, 0.15) is 23.2 Å². The number of ether oxygens (including phenoxy) is 1. The lowest BCUT2D eigenvalue weighted by Crippen LogP contribution is -2.51. The lowest BCUT2D eigenvalue weighted by atomic mass is 10.0. The van der Waals surface area contributed by atoms with Gasteiger partial charge in [-0.3, -0.25) is 9.69 Å². The zero-order chi connectivity index (χ0) is 25.3. The number of morpholine rings is 1. The van der Waals surface area contributed by atoms with Gasteiger partial charge in [-0.1, -0.05) is 0 Å². The normalized spacial score (nSPS) is 20.8. The molecular formula is C25H31N7O4. The number of nitrogens with zero attached hydrogens (tertiary/aromatic N) is 5. The summed E-state index contributed by atoms with van der Waals surface area (Å²) in [7, 11) is 0. The number of nitrogens with one attached hydrogen (secondary N) is 2. The summed E-state index contributed by atoms with van der Waals surface area (Å²) in [4.78, 5) is 34.8. The Morgan fingerprint density at radius 3 is 2.92 bits per heavy atom. The molecule has 0 radical (unpaired) electrons. The Morgan fingerprint density at radius 2 is 2.14 bits per heavy atom. The van der Waals surface area contributed by atoms with Crippen LogP contribution in [-0.2, 0) is 16.0 Å². The van der Waals surface area contributed by atoms with Crippen molar-refractivity contribution in [3.8, 4) is 0 Å². The second-order valence-electron chi connectivity index (χ2n) is 9.47. The Morgan fingerprint density at radius 1 is 1.31 bits per heavy atom. The van der Waals surface area contributed by atoms with Crippen LogP contribution in [0.2, 0.25) is 0 Å². The maximum Gasteiger partial charge on any atom is 0.327 e. The molecule has 3 aliphatic rings. The molecule has 3 aromatic rings. The fourth-order valence-corrected chi connectivity index (χ4v) is 5.44. The molecule has 2 fully saturated rings. The molecule has 0 aliphatic carbocycles. The first kappa shape index (κ1) is 24.0. The molecule has 1 unspecified atom stereocenters. The lowest BCUT2D eigenvalue weighted by Gasteiger charge is -2.34. The first-order valence-corrected chi connectivity index (χ1v) is 12.1. The minimum atomic E-state index is -0.250. The summed E-state index contributed by atoms with van der Waals surface area (Å²) >= 11 is 0. The number of hydrogen-bond acceptors (Lipinski definition) is 7. The predicted molar refractivity (Wildman–Crippen MR) is 136 cm³/mol. The number of hydrogen-bond donors (Lipinski definition) is 3. The molecule has 0 saturated carbocycles.